The zero-order chi connectivity index (χ0) is 14.3. The Balaban J connectivity index is 2.65. The summed E-state index contributed by atoms with van der Waals surface area (Å²) in [5.41, 5.74) is 0.569. The highest BCUT2D eigenvalue weighted by Crippen LogP contribution is 2.17. The molecule has 0 bridgehead atoms. The van der Waals surface area contributed by atoms with Gasteiger partial charge in [-0.25, -0.2) is 4.79 Å². The topological polar surface area (TPSA) is 66.4 Å². The first kappa shape index (κ1) is 15.7. The van der Waals surface area contributed by atoms with E-state index in [0.717, 1.165) is 23.7 Å². The number of halogens is 1. The number of aliphatic carboxylic acids is 1. The van der Waals surface area contributed by atoms with Crippen molar-refractivity contribution in [3.8, 4) is 0 Å². The van der Waals surface area contributed by atoms with E-state index in [-0.39, 0.29) is 5.91 Å². The molecule has 0 aromatic heterocycles. The number of nitrogens with one attached hydrogen (secondary N) is 1. The van der Waals surface area contributed by atoms with E-state index in [4.69, 9.17) is 0 Å². The summed E-state index contributed by atoms with van der Waals surface area (Å²) in [4.78, 5) is 22.9. The Hall–Kier alpha value is -1.36. The smallest absolute Gasteiger partial charge is 0.330 e. The number of benzene rings is 1. The molecular weight excluding hydrogens is 310 g/mol. The molecule has 2 N–H and O–H groups in total. The third kappa shape index (κ3) is 5.42. The quantitative estimate of drug-likeness (QED) is 0.755. The molecule has 1 unspecified atom stereocenters. The van der Waals surface area contributed by atoms with Crippen molar-refractivity contribution >= 4 is 27.8 Å². The second kappa shape index (κ2) is 7.94. The molecule has 4 nitrogen and oxygen atoms in total. The predicted molar refractivity (Wildman–Crippen MR) is 76.8 cm³/mol. The van der Waals surface area contributed by atoms with Gasteiger partial charge in [0.05, 0.1) is 0 Å². The molecule has 0 heterocycles. The summed E-state index contributed by atoms with van der Waals surface area (Å²) in [6, 6.07) is 5.91. The lowest BCUT2D eigenvalue weighted by Crippen LogP contribution is -2.33. The third-order valence-electron chi connectivity index (χ3n) is 2.76. The average Bonchev–Trinajstić information content (AvgIpc) is 2.37. The van der Waals surface area contributed by atoms with Crippen molar-refractivity contribution in [3.63, 3.8) is 0 Å². The molecule has 0 aliphatic heterocycles. The third-order valence-corrected chi connectivity index (χ3v) is 3.29. The van der Waals surface area contributed by atoms with Crippen molar-refractivity contribution in [2.45, 2.75) is 38.6 Å². The summed E-state index contributed by atoms with van der Waals surface area (Å²) in [7, 11) is 0. The monoisotopic (exact) mass is 327 g/mol. The molecular formula is C14H18BrNO3. The van der Waals surface area contributed by atoms with Crippen LogP contribution in [0.1, 0.15) is 44.2 Å². The number of carbonyl (C=O) groups excluding carboxylic acids is 1. The van der Waals surface area contributed by atoms with Crippen LogP contribution < -0.4 is 5.32 Å². The van der Waals surface area contributed by atoms with E-state index in [2.05, 4.69) is 28.2 Å². The SMILES string of the molecule is CCCCCC(=O)NC(C(=O)O)c1ccc(Br)cc1. The number of carbonyl (C=O) groups is 2. The van der Waals surface area contributed by atoms with Crippen LogP contribution in [0.3, 0.4) is 0 Å². The number of rotatable bonds is 7. The van der Waals surface area contributed by atoms with Crippen LogP contribution in [0, 0.1) is 0 Å². The molecule has 0 saturated heterocycles. The summed E-state index contributed by atoms with van der Waals surface area (Å²) >= 11 is 3.29. The molecule has 1 aromatic rings. The molecule has 104 valence electrons. The zero-order valence-corrected chi connectivity index (χ0v) is 12.4. The second-order valence-electron chi connectivity index (χ2n) is 4.35. The Morgan fingerprint density at radius 3 is 2.42 bits per heavy atom. The lowest BCUT2D eigenvalue weighted by molar-refractivity contribution is -0.142. The van der Waals surface area contributed by atoms with Crippen LogP contribution in [0.2, 0.25) is 0 Å². The molecule has 0 saturated carbocycles. The first-order valence-electron chi connectivity index (χ1n) is 6.32. The molecule has 1 amide bonds. The first-order valence-corrected chi connectivity index (χ1v) is 7.11. The lowest BCUT2D eigenvalue weighted by Gasteiger charge is -2.15. The van der Waals surface area contributed by atoms with Crippen LogP contribution in [0.15, 0.2) is 28.7 Å². The largest absolute Gasteiger partial charge is 0.479 e. The van der Waals surface area contributed by atoms with Crippen molar-refractivity contribution in [3.05, 3.63) is 34.3 Å². The molecule has 0 spiro atoms. The van der Waals surface area contributed by atoms with Gasteiger partial charge in [0.25, 0.3) is 0 Å². The Morgan fingerprint density at radius 1 is 1.26 bits per heavy atom. The zero-order valence-electron chi connectivity index (χ0n) is 10.9. The van der Waals surface area contributed by atoms with Crippen molar-refractivity contribution in [1.82, 2.24) is 5.32 Å². The minimum Gasteiger partial charge on any atom is -0.479 e. The van der Waals surface area contributed by atoms with Gasteiger partial charge in [-0.2, -0.15) is 0 Å². The van der Waals surface area contributed by atoms with Gasteiger partial charge in [0.15, 0.2) is 6.04 Å². The molecule has 1 atom stereocenters. The maximum atomic E-state index is 11.7. The fraction of sp³-hybridized carbons (Fsp3) is 0.429. The summed E-state index contributed by atoms with van der Waals surface area (Å²) in [6.45, 7) is 2.06. The van der Waals surface area contributed by atoms with Crippen LogP contribution in [0.25, 0.3) is 0 Å². The number of carboxylic acid groups (broad SMARTS) is 1. The molecule has 5 heteroatoms. The standard InChI is InChI=1S/C14H18BrNO3/c1-2-3-4-5-12(17)16-13(14(18)19)10-6-8-11(15)9-7-10/h6-9,13H,2-5H2,1H3,(H,16,17)(H,18,19). The Bertz CT molecular complexity index is 431. The highest BCUT2D eigenvalue weighted by Gasteiger charge is 2.21. The van der Waals surface area contributed by atoms with E-state index in [1.165, 1.54) is 0 Å². The van der Waals surface area contributed by atoms with Crippen LogP contribution in [-0.2, 0) is 9.59 Å². The van der Waals surface area contributed by atoms with Gasteiger partial charge in [0.2, 0.25) is 5.91 Å². The van der Waals surface area contributed by atoms with E-state index in [0.29, 0.717) is 12.0 Å². The number of unbranched alkanes of at least 4 members (excludes halogenated alkanes) is 2. The Morgan fingerprint density at radius 2 is 1.89 bits per heavy atom. The number of carboxylic acids is 1. The number of hydrogen-bond donors (Lipinski definition) is 2. The second-order valence-corrected chi connectivity index (χ2v) is 5.26. The Labute approximate surface area is 121 Å². The van der Waals surface area contributed by atoms with Gasteiger partial charge in [-0.3, -0.25) is 4.79 Å². The summed E-state index contributed by atoms with van der Waals surface area (Å²) < 4.78 is 0.870. The van der Waals surface area contributed by atoms with E-state index in [9.17, 15) is 14.7 Å². The highest BCUT2D eigenvalue weighted by molar-refractivity contribution is 9.10. The molecule has 1 rings (SSSR count). The normalized spacial score (nSPS) is 11.9. The fourth-order valence-corrected chi connectivity index (χ4v) is 1.98. The lowest BCUT2D eigenvalue weighted by atomic mass is 10.1. The van der Waals surface area contributed by atoms with Crippen LogP contribution in [0.4, 0.5) is 0 Å². The van der Waals surface area contributed by atoms with Crippen LogP contribution >= 0.6 is 15.9 Å². The molecule has 0 radical (unpaired) electrons. The molecule has 0 fully saturated rings. The van der Waals surface area contributed by atoms with Gasteiger partial charge in [-0.15, -0.1) is 0 Å². The molecule has 19 heavy (non-hydrogen) atoms. The predicted octanol–water partition coefficient (Wildman–Crippen LogP) is 3.27. The summed E-state index contributed by atoms with van der Waals surface area (Å²) in [5.74, 6) is -1.27. The van der Waals surface area contributed by atoms with Crippen LogP contribution in [-0.4, -0.2) is 17.0 Å². The van der Waals surface area contributed by atoms with Gasteiger partial charge < -0.3 is 10.4 Å². The minimum absolute atomic E-state index is 0.219. The van der Waals surface area contributed by atoms with Crippen molar-refractivity contribution in [2.24, 2.45) is 0 Å². The maximum Gasteiger partial charge on any atom is 0.330 e. The molecule has 0 aliphatic carbocycles. The molecule has 1 aromatic carbocycles. The average molecular weight is 328 g/mol. The van der Waals surface area contributed by atoms with Crippen molar-refractivity contribution in [1.29, 1.82) is 0 Å². The Kier molecular flexibility index (Phi) is 6.56. The minimum atomic E-state index is -1.05. The summed E-state index contributed by atoms with van der Waals surface area (Å²) in [6.07, 6.45) is 3.16. The van der Waals surface area contributed by atoms with Gasteiger partial charge in [0, 0.05) is 10.9 Å². The van der Waals surface area contributed by atoms with Crippen LogP contribution in [0.5, 0.6) is 0 Å². The van der Waals surface area contributed by atoms with E-state index < -0.39 is 12.0 Å². The van der Waals surface area contributed by atoms with Crippen molar-refractivity contribution in [2.75, 3.05) is 0 Å². The van der Waals surface area contributed by atoms with E-state index >= 15 is 0 Å². The van der Waals surface area contributed by atoms with E-state index in [1.807, 2.05) is 0 Å². The first-order chi connectivity index (χ1) is 9.04. The van der Waals surface area contributed by atoms with Crippen molar-refractivity contribution < 1.29 is 14.7 Å². The van der Waals surface area contributed by atoms with E-state index in [1.54, 1.807) is 24.3 Å². The van der Waals surface area contributed by atoms with Gasteiger partial charge >= 0.3 is 5.97 Å². The number of hydrogen-bond acceptors (Lipinski definition) is 2. The molecule has 0 aliphatic rings. The van der Waals surface area contributed by atoms with Gasteiger partial charge in [0.1, 0.15) is 0 Å². The fourth-order valence-electron chi connectivity index (χ4n) is 1.71. The maximum absolute atomic E-state index is 11.7. The van der Waals surface area contributed by atoms with Gasteiger partial charge in [-0.1, -0.05) is 47.8 Å². The number of amides is 1. The summed E-state index contributed by atoms with van der Waals surface area (Å²) in [5, 5.41) is 11.7. The van der Waals surface area contributed by atoms with Gasteiger partial charge in [-0.05, 0) is 24.1 Å². The highest BCUT2D eigenvalue weighted by atomic mass is 79.9.